The third kappa shape index (κ3) is 6.32. The Morgan fingerprint density at radius 1 is 1.03 bits per heavy atom. The van der Waals surface area contributed by atoms with Crippen LogP contribution in [0.2, 0.25) is 0 Å². The Balaban J connectivity index is 0.00000353. The Labute approximate surface area is 227 Å². The van der Waals surface area contributed by atoms with E-state index in [1.807, 2.05) is 52.3 Å². The quantitative estimate of drug-likeness (QED) is 0.238. The van der Waals surface area contributed by atoms with Gasteiger partial charge >= 0.3 is 5.69 Å². The number of nitrogens with two attached hydrogens (primary N) is 1. The number of likely N-dealkylation sites (tertiary alicyclic amines) is 1. The molecule has 4 aromatic rings. The molecule has 0 atom stereocenters. The highest BCUT2D eigenvalue weighted by atomic mass is 16.6. The molecule has 1 amide bonds. The molecule has 0 bridgehead atoms. The number of aromatic nitrogens is 4. The van der Waals surface area contributed by atoms with Crippen LogP contribution >= 0.6 is 0 Å². The molecule has 0 radical (unpaired) electrons. The van der Waals surface area contributed by atoms with Crippen molar-refractivity contribution in [2.24, 2.45) is 0 Å². The number of carbonyl (C=O) groups is 1. The number of amides is 1. The van der Waals surface area contributed by atoms with Gasteiger partial charge in [-0.2, -0.15) is 0 Å². The zero-order valence-corrected chi connectivity index (χ0v) is 21.9. The summed E-state index contributed by atoms with van der Waals surface area (Å²) in [6.07, 6.45) is 15.1. The standard InChI is InChI=1S/C28H31N7O3.H3N/c29-27-26(35(37)38)12-9-22(31-27)6-5-14-32-18-24(21-7-10-23(11-8-21)34-17-13-30-20-34)25(19-32)28(36)33-15-3-1-2-4-16-33;/h7-13,17-20H,1-6,14-16H2,(H2,29,31);1H3. The van der Waals surface area contributed by atoms with E-state index in [-0.39, 0.29) is 23.6 Å². The van der Waals surface area contributed by atoms with Crippen LogP contribution in [0.3, 0.4) is 0 Å². The summed E-state index contributed by atoms with van der Waals surface area (Å²) in [5, 5.41) is 11.0. The van der Waals surface area contributed by atoms with Gasteiger partial charge in [-0.1, -0.05) is 25.0 Å². The molecule has 1 aromatic carbocycles. The van der Waals surface area contributed by atoms with Gasteiger partial charge in [0, 0.05) is 67.4 Å². The molecule has 39 heavy (non-hydrogen) atoms. The van der Waals surface area contributed by atoms with Gasteiger partial charge < -0.3 is 25.9 Å². The first-order valence-electron chi connectivity index (χ1n) is 13.0. The van der Waals surface area contributed by atoms with Gasteiger partial charge in [-0.3, -0.25) is 14.9 Å². The molecule has 0 unspecified atom stereocenters. The molecular formula is C28H34N8O3. The van der Waals surface area contributed by atoms with Crippen LogP contribution in [0, 0.1) is 10.1 Å². The smallest absolute Gasteiger partial charge is 0.311 e. The number of anilines is 1. The maximum absolute atomic E-state index is 13.7. The average Bonchev–Trinajstić information content (AvgIpc) is 3.52. The van der Waals surface area contributed by atoms with Gasteiger partial charge in [0.05, 0.1) is 16.8 Å². The first-order chi connectivity index (χ1) is 18.5. The summed E-state index contributed by atoms with van der Waals surface area (Å²) in [5.74, 6) is 0.00404. The van der Waals surface area contributed by atoms with Gasteiger partial charge in [-0.25, -0.2) is 9.97 Å². The van der Waals surface area contributed by atoms with Crippen molar-refractivity contribution >= 4 is 17.4 Å². The van der Waals surface area contributed by atoms with Gasteiger partial charge in [-0.15, -0.1) is 0 Å². The van der Waals surface area contributed by atoms with Crippen LogP contribution in [0.5, 0.6) is 0 Å². The van der Waals surface area contributed by atoms with E-state index in [4.69, 9.17) is 5.73 Å². The predicted octanol–water partition coefficient (Wildman–Crippen LogP) is 5.04. The van der Waals surface area contributed by atoms with Crippen molar-refractivity contribution in [2.45, 2.75) is 45.1 Å². The SMILES string of the molecule is N.Nc1nc(CCCn2cc(C(=O)N3CCCCCC3)c(-c3ccc(-n4ccnc4)cc3)c2)ccc1[N+](=O)[O-]. The van der Waals surface area contributed by atoms with Crippen LogP contribution in [0.4, 0.5) is 11.5 Å². The van der Waals surface area contributed by atoms with Crippen molar-refractivity contribution in [3.8, 4) is 16.8 Å². The summed E-state index contributed by atoms with van der Waals surface area (Å²) in [6, 6.07) is 11.2. The number of benzene rings is 1. The van der Waals surface area contributed by atoms with Gasteiger partial charge in [0.25, 0.3) is 5.91 Å². The van der Waals surface area contributed by atoms with Crippen molar-refractivity contribution in [3.05, 3.63) is 88.9 Å². The highest BCUT2D eigenvalue weighted by molar-refractivity contribution is 6.01. The summed E-state index contributed by atoms with van der Waals surface area (Å²) < 4.78 is 4.00. The number of rotatable bonds is 8. The van der Waals surface area contributed by atoms with Crippen molar-refractivity contribution < 1.29 is 9.72 Å². The molecule has 1 fully saturated rings. The van der Waals surface area contributed by atoms with Crippen LogP contribution in [0.1, 0.15) is 48.2 Å². The number of carbonyl (C=O) groups excluding carboxylic acids is 1. The number of hydrogen-bond donors (Lipinski definition) is 2. The minimum atomic E-state index is -0.529. The average molecular weight is 531 g/mol. The zero-order valence-electron chi connectivity index (χ0n) is 21.9. The van der Waals surface area contributed by atoms with Crippen LogP contribution in [-0.2, 0) is 13.0 Å². The minimum Gasteiger partial charge on any atom is -0.378 e. The van der Waals surface area contributed by atoms with E-state index in [2.05, 4.69) is 14.5 Å². The zero-order chi connectivity index (χ0) is 26.5. The number of nitrogens with zero attached hydrogens (tertiary/aromatic N) is 6. The summed E-state index contributed by atoms with van der Waals surface area (Å²) in [6.45, 7) is 2.25. The Hall–Kier alpha value is -4.51. The summed E-state index contributed by atoms with van der Waals surface area (Å²) in [5.41, 5.74) is 9.87. The number of aryl methyl sites for hydroxylation is 2. The van der Waals surface area contributed by atoms with Gasteiger partial charge in [0.1, 0.15) is 0 Å². The number of nitro groups is 1. The second-order valence-corrected chi connectivity index (χ2v) is 9.61. The lowest BCUT2D eigenvalue weighted by Gasteiger charge is -2.20. The van der Waals surface area contributed by atoms with Crippen LogP contribution < -0.4 is 11.9 Å². The normalized spacial score (nSPS) is 13.5. The van der Waals surface area contributed by atoms with Crippen LogP contribution in [0.15, 0.2) is 67.5 Å². The number of hydrogen-bond acceptors (Lipinski definition) is 7. The molecular weight excluding hydrogens is 496 g/mol. The second kappa shape index (κ2) is 12.4. The maximum Gasteiger partial charge on any atom is 0.311 e. The fraction of sp³-hybridized carbons (Fsp3) is 0.321. The van der Waals surface area contributed by atoms with Crippen molar-refractivity contribution in [3.63, 3.8) is 0 Å². The molecule has 5 N–H and O–H groups in total. The molecule has 11 heteroatoms. The van der Waals surface area contributed by atoms with E-state index in [1.54, 1.807) is 18.6 Å². The van der Waals surface area contributed by atoms with E-state index < -0.39 is 4.92 Å². The van der Waals surface area contributed by atoms with Crippen molar-refractivity contribution in [1.82, 2.24) is 30.2 Å². The van der Waals surface area contributed by atoms with Gasteiger partial charge in [-0.05, 0) is 49.4 Å². The number of nitrogen functional groups attached to an aromatic ring is 1. The lowest BCUT2D eigenvalue weighted by Crippen LogP contribution is -2.31. The first kappa shape index (κ1) is 27.5. The topological polar surface area (TPSA) is 160 Å². The molecule has 11 nitrogen and oxygen atoms in total. The Morgan fingerprint density at radius 3 is 2.41 bits per heavy atom. The monoisotopic (exact) mass is 530 g/mol. The Bertz CT molecular complexity index is 1410. The van der Waals surface area contributed by atoms with Gasteiger partial charge in [0.2, 0.25) is 5.82 Å². The van der Waals surface area contributed by atoms with Gasteiger partial charge in [0.15, 0.2) is 0 Å². The minimum absolute atomic E-state index is 0. The highest BCUT2D eigenvalue weighted by Gasteiger charge is 2.23. The Kier molecular flexibility index (Phi) is 8.72. The van der Waals surface area contributed by atoms with E-state index in [9.17, 15) is 14.9 Å². The second-order valence-electron chi connectivity index (χ2n) is 9.61. The third-order valence-electron chi connectivity index (χ3n) is 6.99. The molecule has 1 aliphatic rings. The van der Waals surface area contributed by atoms with E-state index >= 15 is 0 Å². The first-order valence-corrected chi connectivity index (χ1v) is 13.0. The van der Waals surface area contributed by atoms with Crippen molar-refractivity contribution in [2.75, 3.05) is 18.8 Å². The third-order valence-corrected chi connectivity index (χ3v) is 6.99. The molecule has 1 aliphatic heterocycles. The molecule has 204 valence electrons. The lowest BCUT2D eigenvalue weighted by molar-refractivity contribution is -0.384. The highest BCUT2D eigenvalue weighted by Crippen LogP contribution is 2.28. The number of pyridine rings is 1. The molecule has 0 spiro atoms. The molecule has 0 aliphatic carbocycles. The summed E-state index contributed by atoms with van der Waals surface area (Å²) in [7, 11) is 0. The Morgan fingerprint density at radius 2 is 1.77 bits per heavy atom. The van der Waals surface area contributed by atoms with Crippen LogP contribution in [0.25, 0.3) is 16.8 Å². The molecule has 5 rings (SSSR count). The number of imidazole rings is 1. The maximum atomic E-state index is 13.7. The summed E-state index contributed by atoms with van der Waals surface area (Å²) in [4.78, 5) is 34.4. The van der Waals surface area contributed by atoms with Crippen LogP contribution in [-0.4, -0.2) is 47.9 Å². The molecule has 0 saturated carbocycles. The fourth-order valence-corrected chi connectivity index (χ4v) is 4.95. The summed E-state index contributed by atoms with van der Waals surface area (Å²) >= 11 is 0. The lowest BCUT2D eigenvalue weighted by atomic mass is 10.0. The van der Waals surface area contributed by atoms with E-state index in [1.165, 1.54) is 6.07 Å². The van der Waals surface area contributed by atoms with Crippen molar-refractivity contribution in [1.29, 1.82) is 0 Å². The van der Waals surface area contributed by atoms with E-state index in [0.717, 1.165) is 62.0 Å². The largest absolute Gasteiger partial charge is 0.378 e. The fourth-order valence-electron chi connectivity index (χ4n) is 4.95. The predicted molar refractivity (Wildman–Crippen MR) is 150 cm³/mol. The molecule has 3 aromatic heterocycles. The molecule has 1 saturated heterocycles. The molecule has 4 heterocycles. The van der Waals surface area contributed by atoms with E-state index in [0.29, 0.717) is 24.2 Å².